The summed E-state index contributed by atoms with van der Waals surface area (Å²) >= 11 is 0. The second-order valence-corrected chi connectivity index (χ2v) is 5.54. The van der Waals surface area contributed by atoms with Crippen LogP contribution in [-0.2, 0) is 6.42 Å². The van der Waals surface area contributed by atoms with Gasteiger partial charge in [0, 0.05) is 17.7 Å². The summed E-state index contributed by atoms with van der Waals surface area (Å²) in [4.78, 5) is 12.5. The smallest absolute Gasteiger partial charge is 0.278 e. The van der Waals surface area contributed by atoms with E-state index in [0.717, 1.165) is 11.1 Å². The van der Waals surface area contributed by atoms with Gasteiger partial charge in [0.15, 0.2) is 11.5 Å². The fourth-order valence-corrected chi connectivity index (χ4v) is 2.52. The molecule has 0 spiro atoms. The van der Waals surface area contributed by atoms with Gasteiger partial charge in [-0.2, -0.15) is 20.6 Å². The van der Waals surface area contributed by atoms with Crippen LogP contribution in [-0.4, -0.2) is 41.9 Å². The molecule has 2 aromatic heterocycles. The van der Waals surface area contributed by atoms with Gasteiger partial charge in [0.1, 0.15) is 5.69 Å². The Morgan fingerprint density at radius 2 is 1.73 bits per heavy atom. The lowest BCUT2D eigenvalue weighted by Gasteiger charge is -2.05. The molecule has 0 unspecified atom stereocenters. The zero-order valence-electron chi connectivity index (χ0n) is 13.5. The van der Waals surface area contributed by atoms with Crippen molar-refractivity contribution in [1.29, 1.82) is 0 Å². The maximum atomic E-state index is 12.5. The topological polar surface area (TPSA) is 125 Å². The molecule has 2 heterocycles. The molecule has 1 amide bonds. The Morgan fingerprint density at radius 3 is 2.46 bits per heavy atom. The average molecular weight is 346 g/mol. The summed E-state index contributed by atoms with van der Waals surface area (Å²) in [5.74, 6) is 0.278. The van der Waals surface area contributed by atoms with Crippen molar-refractivity contribution in [2.45, 2.75) is 6.42 Å². The standard InChI is InChI=1S/C17H14N8O/c26-17(16-15(21-23-22-16)12-4-2-1-3-5-12)18-13-8-6-11(7-9-13)10-14-19-24-25-20-14/h1-9H,10H2,(H,18,26)(H,21,22,23)(H,19,20,24,25). The minimum atomic E-state index is -0.330. The normalized spacial score (nSPS) is 10.6. The van der Waals surface area contributed by atoms with Gasteiger partial charge in [0.2, 0.25) is 0 Å². The molecule has 4 aromatic rings. The molecule has 0 aliphatic carbocycles. The first-order valence-corrected chi connectivity index (χ1v) is 7.88. The van der Waals surface area contributed by atoms with Gasteiger partial charge in [0.25, 0.3) is 5.91 Å². The van der Waals surface area contributed by atoms with Crippen LogP contribution < -0.4 is 5.32 Å². The number of hydrogen-bond donors (Lipinski definition) is 3. The summed E-state index contributed by atoms with van der Waals surface area (Å²) in [6.07, 6.45) is 0.562. The molecule has 26 heavy (non-hydrogen) atoms. The minimum absolute atomic E-state index is 0.243. The van der Waals surface area contributed by atoms with Crippen LogP contribution in [0, 0.1) is 0 Å². The maximum Gasteiger partial charge on any atom is 0.278 e. The molecule has 0 aliphatic heterocycles. The number of aromatic amines is 2. The number of nitrogens with one attached hydrogen (secondary N) is 3. The SMILES string of the molecule is O=C(Nc1ccc(Cc2nn[nH]n2)cc1)c1n[nH]nc1-c1ccccc1. The lowest BCUT2D eigenvalue weighted by atomic mass is 10.1. The summed E-state index contributed by atoms with van der Waals surface area (Å²) < 4.78 is 0. The number of hydrogen-bond acceptors (Lipinski definition) is 6. The van der Waals surface area contributed by atoms with Crippen LogP contribution in [0.4, 0.5) is 5.69 Å². The number of nitrogens with zero attached hydrogens (tertiary/aromatic N) is 5. The number of H-pyrrole nitrogens is 2. The number of rotatable bonds is 5. The van der Waals surface area contributed by atoms with Crippen molar-refractivity contribution in [3.63, 3.8) is 0 Å². The largest absolute Gasteiger partial charge is 0.321 e. The first-order chi connectivity index (χ1) is 12.8. The van der Waals surface area contributed by atoms with Crippen LogP contribution in [0.2, 0.25) is 0 Å². The first kappa shape index (κ1) is 15.6. The molecular formula is C17H14N8O. The van der Waals surface area contributed by atoms with Gasteiger partial charge in [-0.1, -0.05) is 47.7 Å². The molecule has 3 N–H and O–H groups in total. The lowest BCUT2D eigenvalue weighted by Crippen LogP contribution is -2.13. The van der Waals surface area contributed by atoms with Gasteiger partial charge in [-0.3, -0.25) is 4.79 Å². The zero-order valence-corrected chi connectivity index (χ0v) is 13.5. The van der Waals surface area contributed by atoms with Crippen LogP contribution in [0.15, 0.2) is 54.6 Å². The van der Waals surface area contributed by atoms with Gasteiger partial charge >= 0.3 is 0 Å². The van der Waals surface area contributed by atoms with Gasteiger partial charge in [0.05, 0.1) is 0 Å². The minimum Gasteiger partial charge on any atom is -0.321 e. The number of carbonyl (C=O) groups excluding carboxylic acids is 1. The second kappa shape index (κ2) is 6.93. The number of benzene rings is 2. The van der Waals surface area contributed by atoms with Crippen molar-refractivity contribution in [3.05, 3.63) is 71.7 Å². The van der Waals surface area contributed by atoms with E-state index >= 15 is 0 Å². The predicted molar refractivity (Wildman–Crippen MR) is 93.2 cm³/mol. The summed E-state index contributed by atoms with van der Waals surface area (Å²) in [5.41, 5.74) is 3.25. The average Bonchev–Trinajstić information content (AvgIpc) is 3.36. The molecule has 0 aliphatic rings. The van der Waals surface area contributed by atoms with Crippen molar-refractivity contribution < 1.29 is 4.79 Å². The molecule has 128 valence electrons. The van der Waals surface area contributed by atoms with Crippen molar-refractivity contribution in [3.8, 4) is 11.3 Å². The van der Waals surface area contributed by atoms with E-state index in [0.29, 0.717) is 23.6 Å². The Bertz CT molecular complexity index is 993. The highest BCUT2D eigenvalue weighted by Crippen LogP contribution is 2.20. The molecule has 0 fully saturated rings. The fraction of sp³-hybridized carbons (Fsp3) is 0.0588. The Morgan fingerprint density at radius 1 is 0.923 bits per heavy atom. The van der Waals surface area contributed by atoms with E-state index in [-0.39, 0.29) is 11.6 Å². The first-order valence-electron chi connectivity index (χ1n) is 7.88. The Balaban J connectivity index is 1.48. The quantitative estimate of drug-likeness (QED) is 0.506. The van der Waals surface area contributed by atoms with Crippen molar-refractivity contribution in [2.75, 3.05) is 5.32 Å². The Hall–Kier alpha value is -3.88. The molecule has 2 aromatic carbocycles. The summed E-state index contributed by atoms with van der Waals surface area (Å²) in [7, 11) is 0. The lowest BCUT2D eigenvalue weighted by molar-refractivity contribution is 0.102. The third kappa shape index (κ3) is 3.31. The van der Waals surface area contributed by atoms with Gasteiger partial charge in [-0.05, 0) is 17.7 Å². The molecule has 0 atom stereocenters. The molecule has 4 rings (SSSR count). The number of aromatic nitrogens is 7. The van der Waals surface area contributed by atoms with Crippen molar-refractivity contribution in [2.24, 2.45) is 0 Å². The summed E-state index contributed by atoms with van der Waals surface area (Å²) in [6, 6.07) is 16.8. The van der Waals surface area contributed by atoms with Crippen LogP contribution in [0.5, 0.6) is 0 Å². The number of tetrazole rings is 1. The third-order valence-corrected chi connectivity index (χ3v) is 3.77. The molecular weight excluding hydrogens is 332 g/mol. The predicted octanol–water partition coefficient (Wildman–Crippen LogP) is 1.83. The van der Waals surface area contributed by atoms with Crippen molar-refractivity contribution >= 4 is 11.6 Å². The highest BCUT2D eigenvalue weighted by molar-refractivity contribution is 6.06. The second-order valence-electron chi connectivity index (χ2n) is 5.54. The van der Waals surface area contributed by atoms with E-state index in [1.807, 2.05) is 54.6 Å². The zero-order chi connectivity index (χ0) is 17.8. The Kier molecular flexibility index (Phi) is 4.17. The van der Waals surface area contributed by atoms with Gasteiger partial charge in [-0.15, -0.1) is 10.2 Å². The number of amides is 1. The molecule has 0 bridgehead atoms. The molecule has 0 radical (unpaired) electrons. The Labute approximate surface area is 147 Å². The maximum absolute atomic E-state index is 12.5. The van der Waals surface area contributed by atoms with E-state index in [2.05, 4.69) is 41.4 Å². The van der Waals surface area contributed by atoms with Crippen LogP contribution in [0.3, 0.4) is 0 Å². The van der Waals surface area contributed by atoms with E-state index in [1.54, 1.807) is 0 Å². The third-order valence-electron chi connectivity index (χ3n) is 3.77. The number of carbonyl (C=O) groups is 1. The highest BCUT2D eigenvalue weighted by atomic mass is 16.2. The van der Waals surface area contributed by atoms with Crippen LogP contribution in [0.25, 0.3) is 11.3 Å². The number of anilines is 1. The highest BCUT2D eigenvalue weighted by Gasteiger charge is 2.17. The van der Waals surface area contributed by atoms with E-state index in [9.17, 15) is 4.79 Å². The fourth-order valence-electron chi connectivity index (χ4n) is 2.52. The van der Waals surface area contributed by atoms with Crippen molar-refractivity contribution in [1.82, 2.24) is 36.0 Å². The molecule has 0 saturated carbocycles. The van der Waals surface area contributed by atoms with Crippen LogP contribution in [0.1, 0.15) is 21.9 Å². The van der Waals surface area contributed by atoms with E-state index < -0.39 is 0 Å². The van der Waals surface area contributed by atoms with Gasteiger partial charge < -0.3 is 5.32 Å². The molecule has 0 saturated heterocycles. The van der Waals surface area contributed by atoms with Gasteiger partial charge in [-0.25, -0.2) is 0 Å². The molecule has 9 heteroatoms. The summed E-state index contributed by atoms with van der Waals surface area (Å²) in [6.45, 7) is 0. The molecule has 9 nitrogen and oxygen atoms in total. The summed E-state index contributed by atoms with van der Waals surface area (Å²) in [5, 5.41) is 27.2. The van der Waals surface area contributed by atoms with E-state index in [1.165, 1.54) is 0 Å². The monoisotopic (exact) mass is 346 g/mol. The van der Waals surface area contributed by atoms with E-state index in [4.69, 9.17) is 0 Å². The van der Waals surface area contributed by atoms with Crippen LogP contribution >= 0.6 is 0 Å².